The van der Waals surface area contributed by atoms with Gasteiger partial charge in [0.25, 0.3) is 11.8 Å². The van der Waals surface area contributed by atoms with Gasteiger partial charge in [-0.3, -0.25) is 9.59 Å². The molecule has 0 saturated carbocycles. The molecular formula is C18H17BrN2O4. The highest BCUT2D eigenvalue weighted by atomic mass is 79.9. The van der Waals surface area contributed by atoms with Crippen LogP contribution in [-0.2, 0) is 4.79 Å². The highest BCUT2D eigenvalue weighted by Crippen LogP contribution is 2.14. The zero-order valence-electron chi connectivity index (χ0n) is 13.2. The predicted octanol–water partition coefficient (Wildman–Crippen LogP) is 2.48. The van der Waals surface area contributed by atoms with Gasteiger partial charge in [0.2, 0.25) is 0 Å². The van der Waals surface area contributed by atoms with Gasteiger partial charge in [-0.25, -0.2) is 0 Å². The molecule has 0 spiro atoms. The Morgan fingerprint density at radius 1 is 1.16 bits per heavy atom. The van der Waals surface area contributed by atoms with Gasteiger partial charge in [0, 0.05) is 6.54 Å². The van der Waals surface area contributed by atoms with Crippen LogP contribution >= 0.6 is 15.9 Å². The van der Waals surface area contributed by atoms with Crippen LogP contribution in [0.5, 0.6) is 0 Å². The number of carbonyl (C=O) groups excluding carboxylic acids is 2. The average molecular weight is 405 g/mol. The van der Waals surface area contributed by atoms with E-state index < -0.39 is 11.8 Å². The van der Waals surface area contributed by atoms with Crippen LogP contribution in [0.3, 0.4) is 0 Å². The first kappa shape index (κ1) is 18.7. The predicted molar refractivity (Wildman–Crippen MR) is 97.5 cm³/mol. The molecule has 0 fully saturated rings. The number of aliphatic hydroxyl groups is 1. The summed E-state index contributed by atoms with van der Waals surface area (Å²) in [4.78, 5) is 24.3. The van der Waals surface area contributed by atoms with Crippen molar-refractivity contribution in [3.63, 3.8) is 0 Å². The van der Waals surface area contributed by atoms with Crippen molar-refractivity contribution in [2.75, 3.05) is 13.2 Å². The Labute approximate surface area is 153 Å². The summed E-state index contributed by atoms with van der Waals surface area (Å²) in [5.74, 6) is -0.991. The number of furan rings is 1. The van der Waals surface area contributed by atoms with Crippen LogP contribution in [0.2, 0.25) is 0 Å². The summed E-state index contributed by atoms with van der Waals surface area (Å²) in [5.41, 5.74) is 0.994. The molecule has 0 aliphatic rings. The van der Waals surface area contributed by atoms with Gasteiger partial charge in [0.15, 0.2) is 10.4 Å². The molecule has 2 rings (SSSR count). The number of hydrogen-bond donors (Lipinski definition) is 3. The molecule has 2 amide bonds. The standard InChI is InChI=1S/C18H17BrN2O4/c19-16-10-9-15(25-16)18(24)21-14(17(23)20-11-12-22)8-4-7-13-5-2-1-3-6-13/h1-10,22H,11-12H2,(H,20,23)(H,21,24). The first-order chi connectivity index (χ1) is 12.1. The molecule has 1 heterocycles. The fourth-order valence-electron chi connectivity index (χ4n) is 1.88. The Morgan fingerprint density at radius 2 is 1.92 bits per heavy atom. The van der Waals surface area contributed by atoms with Crippen LogP contribution in [0.15, 0.2) is 69.4 Å². The summed E-state index contributed by atoms with van der Waals surface area (Å²) >= 11 is 3.12. The minimum Gasteiger partial charge on any atom is -0.444 e. The van der Waals surface area contributed by atoms with E-state index in [0.29, 0.717) is 4.67 Å². The van der Waals surface area contributed by atoms with Gasteiger partial charge in [-0.15, -0.1) is 0 Å². The molecule has 0 bridgehead atoms. The van der Waals surface area contributed by atoms with Gasteiger partial charge in [-0.2, -0.15) is 0 Å². The molecule has 2 aromatic rings. The Hall–Kier alpha value is -2.64. The van der Waals surface area contributed by atoms with Crippen molar-refractivity contribution in [3.05, 3.63) is 76.3 Å². The van der Waals surface area contributed by atoms with Gasteiger partial charge < -0.3 is 20.2 Å². The minimum absolute atomic E-state index is 0.0400. The van der Waals surface area contributed by atoms with Crippen LogP contribution in [0.1, 0.15) is 16.1 Å². The van der Waals surface area contributed by atoms with Crippen molar-refractivity contribution in [2.24, 2.45) is 0 Å². The van der Waals surface area contributed by atoms with Gasteiger partial charge in [0.1, 0.15) is 5.70 Å². The second-order valence-corrected chi connectivity index (χ2v) is 5.67. The quantitative estimate of drug-likeness (QED) is 0.488. The summed E-state index contributed by atoms with van der Waals surface area (Å²) < 4.78 is 5.58. The molecule has 0 saturated heterocycles. The molecule has 1 aromatic carbocycles. The summed E-state index contributed by atoms with van der Waals surface area (Å²) in [6, 6.07) is 12.6. The van der Waals surface area contributed by atoms with Crippen molar-refractivity contribution in [3.8, 4) is 0 Å². The van der Waals surface area contributed by atoms with Crippen LogP contribution in [0.4, 0.5) is 0 Å². The number of carbonyl (C=O) groups is 2. The number of nitrogens with one attached hydrogen (secondary N) is 2. The molecule has 7 heteroatoms. The van der Waals surface area contributed by atoms with Gasteiger partial charge in [0.05, 0.1) is 6.61 Å². The molecule has 0 atom stereocenters. The maximum absolute atomic E-state index is 12.2. The summed E-state index contributed by atoms with van der Waals surface area (Å²) in [7, 11) is 0. The second-order valence-electron chi connectivity index (χ2n) is 4.89. The molecule has 3 N–H and O–H groups in total. The van der Waals surface area contributed by atoms with Gasteiger partial charge in [-0.05, 0) is 39.7 Å². The molecule has 0 radical (unpaired) electrons. The lowest BCUT2D eigenvalue weighted by Crippen LogP contribution is -2.36. The SMILES string of the molecule is O=C(NCCO)C(=CC=Cc1ccccc1)NC(=O)c1ccc(Br)o1. The van der Waals surface area contributed by atoms with Crippen molar-refractivity contribution in [1.29, 1.82) is 0 Å². The van der Waals surface area contributed by atoms with E-state index in [9.17, 15) is 9.59 Å². The number of allylic oxidation sites excluding steroid dienone is 2. The lowest BCUT2D eigenvalue weighted by Gasteiger charge is -2.08. The molecule has 0 unspecified atom stereocenters. The fraction of sp³-hybridized carbons (Fsp3) is 0.111. The number of amides is 2. The first-order valence-electron chi connectivity index (χ1n) is 7.49. The first-order valence-corrected chi connectivity index (χ1v) is 8.28. The second kappa shape index (κ2) is 9.61. The van der Waals surface area contributed by atoms with E-state index in [-0.39, 0.29) is 24.6 Å². The highest BCUT2D eigenvalue weighted by molar-refractivity contribution is 9.10. The third-order valence-electron chi connectivity index (χ3n) is 3.04. The maximum Gasteiger partial charge on any atom is 0.291 e. The highest BCUT2D eigenvalue weighted by Gasteiger charge is 2.16. The van der Waals surface area contributed by atoms with Crippen molar-refractivity contribution in [2.45, 2.75) is 0 Å². The number of rotatable bonds is 7. The van der Waals surface area contributed by atoms with E-state index in [1.807, 2.05) is 30.3 Å². The summed E-state index contributed by atoms with van der Waals surface area (Å²) in [5, 5.41) is 13.8. The lowest BCUT2D eigenvalue weighted by molar-refractivity contribution is -0.117. The van der Waals surface area contributed by atoms with Crippen LogP contribution in [-0.4, -0.2) is 30.1 Å². The lowest BCUT2D eigenvalue weighted by atomic mass is 10.2. The number of halogens is 1. The average Bonchev–Trinajstić information content (AvgIpc) is 3.06. The Balaban J connectivity index is 2.14. The number of benzene rings is 1. The Bertz CT molecular complexity index is 781. The minimum atomic E-state index is -0.552. The van der Waals surface area contributed by atoms with Crippen LogP contribution in [0, 0.1) is 0 Å². The number of aliphatic hydroxyl groups excluding tert-OH is 1. The maximum atomic E-state index is 12.2. The van der Waals surface area contributed by atoms with Gasteiger partial charge in [-0.1, -0.05) is 42.5 Å². The van der Waals surface area contributed by atoms with E-state index in [1.165, 1.54) is 12.1 Å². The fourth-order valence-corrected chi connectivity index (χ4v) is 2.19. The molecule has 130 valence electrons. The van der Waals surface area contributed by atoms with Crippen molar-refractivity contribution in [1.82, 2.24) is 10.6 Å². The number of hydrogen-bond acceptors (Lipinski definition) is 4. The molecule has 1 aromatic heterocycles. The molecular weight excluding hydrogens is 388 g/mol. The monoisotopic (exact) mass is 404 g/mol. The molecule has 25 heavy (non-hydrogen) atoms. The zero-order chi connectivity index (χ0) is 18.1. The summed E-state index contributed by atoms with van der Waals surface area (Å²) in [6.45, 7) is -0.112. The molecule has 0 aliphatic heterocycles. The molecule has 6 nitrogen and oxygen atoms in total. The zero-order valence-corrected chi connectivity index (χ0v) is 14.8. The Kier molecular flexibility index (Phi) is 7.18. The third-order valence-corrected chi connectivity index (χ3v) is 3.46. The van der Waals surface area contributed by atoms with E-state index in [4.69, 9.17) is 9.52 Å². The Morgan fingerprint density at radius 3 is 2.56 bits per heavy atom. The third kappa shape index (κ3) is 6.06. The summed E-state index contributed by atoms with van der Waals surface area (Å²) in [6.07, 6.45) is 4.94. The smallest absolute Gasteiger partial charge is 0.291 e. The van der Waals surface area contributed by atoms with Crippen LogP contribution < -0.4 is 10.6 Å². The van der Waals surface area contributed by atoms with Crippen molar-refractivity contribution >= 4 is 33.8 Å². The topological polar surface area (TPSA) is 91.6 Å². The largest absolute Gasteiger partial charge is 0.444 e. The van der Waals surface area contributed by atoms with Gasteiger partial charge >= 0.3 is 0 Å². The van der Waals surface area contributed by atoms with E-state index >= 15 is 0 Å². The van der Waals surface area contributed by atoms with Crippen LogP contribution in [0.25, 0.3) is 6.08 Å². The van der Waals surface area contributed by atoms with Crippen molar-refractivity contribution < 1.29 is 19.1 Å². The van der Waals surface area contributed by atoms with E-state index in [2.05, 4.69) is 26.6 Å². The molecule has 0 aliphatic carbocycles. The van der Waals surface area contributed by atoms with E-state index in [0.717, 1.165) is 5.56 Å². The normalized spacial score (nSPS) is 11.5. The van der Waals surface area contributed by atoms with E-state index in [1.54, 1.807) is 18.2 Å².